The molecule has 0 atom stereocenters. The molecule has 1 fully saturated rings. The lowest BCUT2D eigenvalue weighted by molar-refractivity contribution is -0.123. The molecular weight excluding hydrogens is 465 g/mol. The van der Waals surface area contributed by atoms with Crippen molar-refractivity contribution in [1.29, 1.82) is 0 Å². The average molecular weight is 484 g/mol. The first kappa shape index (κ1) is 22.9. The topological polar surface area (TPSA) is 55.8 Å². The van der Waals surface area contributed by atoms with E-state index in [2.05, 4.69) is 0 Å². The minimum Gasteiger partial charge on any atom is -0.493 e. The first-order chi connectivity index (χ1) is 16.0. The normalized spacial score (nSPS) is 14.8. The maximum atomic E-state index is 14.0. The van der Waals surface area contributed by atoms with Gasteiger partial charge in [-0.25, -0.2) is 4.39 Å². The first-order valence-electron chi connectivity index (χ1n) is 9.99. The van der Waals surface area contributed by atoms with Gasteiger partial charge in [0.25, 0.3) is 11.1 Å². The van der Waals surface area contributed by atoms with E-state index in [1.165, 1.54) is 13.2 Å². The zero-order valence-electron chi connectivity index (χ0n) is 17.6. The third-order valence-electron chi connectivity index (χ3n) is 4.97. The maximum Gasteiger partial charge on any atom is 0.293 e. The number of nitrogens with zero attached hydrogens (tertiary/aromatic N) is 1. The summed E-state index contributed by atoms with van der Waals surface area (Å²) in [7, 11) is 1.52. The van der Waals surface area contributed by atoms with Gasteiger partial charge in [0.05, 0.1) is 18.6 Å². The Balaban J connectivity index is 1.59. The molecule has 33 heavy (non-hydrogen) atoms. The Morgan fingerprint density at radius 2 is 1.79 bits per heavy atom. The molecule has 0 saturated carbocycles. The van der Waals surface area contributed by atoms with E-state index in [1.807, 2.05) is 12.1 Å². The third kappa shape index (κ3) is 5.21. The molecule has 1 aliphatic heterocycles. The van der Waals surface area contributed by atoms with Crippen molar-refractivity contribution in [2.75, 3.05) is 7.11 Å². The molecule has 0 aliphatic carbocycles. The summed E-state index contributed by atoms with van der Waals surface area (Å²) in [6.45, 7) is 0.125. The van der Waals surface area contributed by atoms with E-state index in [4.69, 9.17) is 21.1 Å². The van der Waals surface area contributed by atoms with Gasteiger partial charge >= 0.3 is 0 Å². The minimum atomic E-state index is -0.486. The van der Waals surface area contributed by atoms with Crippen LogP contribution < -0.4 is 9.47 Å². The number of methoxy groups -OCH3 is 1. The molecule has 0 unspecified atom stereocenters. The fourth-order valence-electron chi connectivity index (χ4n) is 3.27. The molecule has 8 heteroatoms. The van der Waals surface area contributed by atoms with Gasteiger partial charge in [0.15, 0.2) is 11.5 Å². The van der Waals surface area contributed by atoms with Crippen LogP contribution >= 0.6 is 23.4 Å². The second-order valence-electron chi connectivity index (χ2n) is 7.15. The molecule has 0 bridgehead atoms. The molecule has 1 heterocycles. The largest absolute Gasteiger partial charge is 0.493 e. The predicted octanol–water partition coefficient (Wildman–Crippen LogP) is 6.30. The highest BCUT2D eigenvalue weighted by atomic mass is 35.5. The molecule has 3 aromatic rings. The van der Waals surface area contributed by atoms with Crippen molar-refractivity contribution < 1.29 is 23.5 Å². The summed E-state index contributed by atoms with van der Waals surface area (Å²) in [5.74, 6) is -0.0231. The highest BCUT2D eigenvalue weighted by Gasteiger charge is 2.35. The summed E-state index contributed by atoms with van der Waals surface area (Å²) in [5.41, 5.74) is 1.76. The molecule has 1 aliphatic rings. The summed E-state index contributed by atoms with van der Waals surface area (Å²) in [5, 5.41) is 0.170. The van der Waals surface area contributed by atoms with Crippen LogP contribution in [0.25, 0.3) is 6.08 Å². The number of carbonyl (C=O) groups excluding carboxylic acids is 2. The first-order valence-corrected chi connectivity index (χ1v) is 11.2. The molecule has 2 amide bonds. The van der Waals surface area contributed by atoms with Crippen molar-refractivity contribution in [3.63, 3.8) is 0 Å². The number of amides is 2. The second kappa shape index (κ2) is 10.1. The highest BCUT2D eigenvalue weighted by Crippen LogP contribution is 2.38. The number of hydrogen-bond acceptors (Lipinski definition) is 5. The SMILES string of the molecule is COc1cccc(/C=C2/SC(=O)N(Cc3ccccc3F)C2=O)c1OCc1ccc(Cl)cc1. The number of imide groups is 1. The minimum absolute atomic E-state index is 0.132. The maximum absolute atomic E-state index is 14.0. The lowest BCUT2D eigenvalue weighted by Crippen LogP contribution is -2.27. The van der Waals surface area contributed by atoms with Crippen molar-refractivity contribution in [3.8, 4) is 11.5 Å². The summed E-state index contributed by atoms with van der Waals surface area (Å²) in [6.07, 6.45) is 1.59. The van der Waals surface area contributed by atoms with Crippen LogP contribution in [0.5, 0.6) is 11.5 Å². The van der Waals surface area contributed by atoms with Gasteiger partial charge in [0.1, 0.15) is 12.4 Å². The predicted molar refractivity (Wildman–Crippen MR) is 127 cm³/mol. The molecule has 5 nitrogen and oxygen atoms in total. The van der Waals surface area contributed by atoms with Crippen molar-refractivity contribution in [3.05, 3.63) is 99.2 Å². The van der Waals surface area contributed by atoms with Gasteiger partial charge < -0.3 is 9.47 Å². The molecule has 3 aromatic carbocycles. The monoisotopic (exact) mass is 483 g/mol. The molecule has 0 N–H and O–H groups in total. The fraction of sp³-hybridized carbons (Fsp3) is 0.120. The van der Waals surface area contributed by atoms with Crippen LogP contribution in [0, 0.1) is 5.82 Å². The number of para-hydroxylation sites is 1. The number of hydrogen-bond donors (Lipinski definition) is 0. The van der Waals surface area contributed by atoms with Gasteiger partial charge in [0, 0.05) is 16.1 Å². The van der Waals surface area contributed by atoms with E-state index in [-0.39, 0.29) is 23.6 Å². The Labute approximate surface area is 199 Å². The quantitative estimate of drug-likeness (QED) is 0.369. The van der Waals surface area contributed by atoms with Crippen LogP contribution in [0.2, 0.25) is 5.02 Å². The van der Waals surface area contributed by atoms with E-state index in [0.717, 1.165) is 22.2 Å². The number of benzene rings is 3. The highest BCUT2D eigenvalue weighted by molar-refractivity contribution is 8.18. The summed E-state index contributed by atoms with van der Waals surface area (Å²) >= 11 is 6.74. The van der Waals surface area contributed by atoms with E-state index in [1.54, 1.807) is 54.6 Å². The Morgan fingerprint density at radius 3 is 2.52 bits per heavy atom. The lowest BCUT2D eigenvalue weighted by Gasteiger charge is -2.14. The van der Waals surface area contributed by atoms with Gasteiger partial charge in [0.2, 0.25) is 0 Å². The number of rotatable bonds is 7. The summed E-state index contributed by atoms with van der Waals surface area (Å²) in [6, 6.07) is 18.6. The van der Waals surface area contributed by atoms with Gasteiger partial charge in [-0.05, 0) is 47.7 Å². The Bertz CT molecular complexity index is 1230. The lowest BCUT2D eigenvalue weighted by atomic mass is 10.1. The molecule has 0 radical (unpaired) electrons. The van der Waals surface area contributed by atoms with Gasteiger partial charge in [-0.2, -0.15) is 0 Å². The smallest absolute Gasteiger partial charge is 0.293 e. The van der Waals surface area contributed by atoms with Crippen molar-refractivity contribution in [2.24, 2.45) is 0 Å². The van der Waals surface area contributed by atoms with Gasteiger partial charge in [-0.1, -0.05) is 54.1 Å². The number of ether oxygens (including phenoxy) is 2. The zero-order valence-corrected chi connectivity index (χ0v) is 19.2. The number of carbonyl (C=O) groups is 2. The third-order valence-corrected chi connectivity index (χ3v) is 6.13. The Kier molecular flexibility index (Phi) is 7.01. The van der Waals surface area contributed by atoms with Crippen molar-refractivity contribution in [2.45, 2.75) is 13.2 Å². The Hall–Kier alpha value is -3.29. The number of thioether (sulfide) groups is 1. The molecule has 0 spiro atoms. The zero-order chi connectivity index (χ0) is 23.4. The van der Waals surface area contributed by atoms with Crippen LogP contribution in [-0.2, 0) is 17.9 Å². The van der Waals surface area contributed by atoms with Gasteiger partial charge in [-0.3, -0.25) is 14.5 Å². The molecule has 4 rings (SSSR count). The summed E-state index contributed by atoms with van der Waals surface area (Å²) in [4.78, 5) is 26.7. The molecule has 1 saturated heterocycles. The average Bonchev–Trinajstić information content (AvgIpc) is 3.07. The van der Waals surface area contributed by atoms with E-state index >= 15 is 0 Å². The van der Waals surface area contributed by atoms with Crippen molar-refractivity contribution >= 4 is 40.6 Å². The van der Waals surface area contributed by atoms with Crippen LogP contribution in [-0.4, -0.2) is 23.2 Å². The van der Waals surface area contributed by atoms with Crippen LogP contribution in [0.3, 0.4) is 0 Å². The van der Waals surface area contributed by atoms with E-state index in [9.17, 15) is 14.0 Å². The summed E-state index contributed by atoms with van der Waals surface area (Å²) < 4.78 is 25.5. The van der Waals surface area contributed by atoms with Crippen LogP contribution in [0.4, 0.5) is 9.18 Å². The molecular formula is C25H19ClFNO4S. The van der Waals surface area contributed by atoms with E-state index in [0.29, 0.717) is 22.1 Å². The Morgan fingerprint density at radius 1 is 1.03 bits per heavy atom. The van der Waals surface area contributed by atoms with Crippen molar-refractivity contribution in [1.82, 2.24) is 4.90 Å². The molecule has 168 valence electrons. The molecule has 0 aromatic heterocycles. The van der Waals surface area contributed by atoms with E-state index < -0.39 is 17.0 Å². The number of halogens is 2. The van der Waals surface area contributed by atoms with Crippen LogP contribution in [0.1, 0.15) is 16.7 Å². The fourth-order valence-corrected chi connectivity index (χ4v) is 4.23. The van der Waals surface area contributed by atoms with Crippen LogP contribution in [0.15, 0.2) is 71.6 Å². The second-order valence-corrected chi connectivity index (χ2v) is 8.58. The standard InChI is InChI=1S/C25H19ClFNO4S/c1-31-21-8-4-6-17(23(21)32-15-16-9-11-19(26)12-10-16)13-22-24(29)28(25(30)33-22)14-18-5-2-3-7-20(18)27/h2-13H,14-15H2,1H3/b22-13+. The van der Waals surface area contributed by atoms with Gasteiger partial charge in [-0.15, -0.1) is 0 Å².